The quantitative estimate of drug-likeness (QED) is 0.168. The minimum Gasteiger partial charge on any atom is -0.487 e. The van der Waals surface area contributed by atoms with E-state index in [2.05, 4.69) is 0 Å². The molecule has 1 heterocycles. The first-order valence-electron chi connectivity index (χ1n) is 15.5. The summed E-state index contributed by atoms with van der Waals surface area (Å²) in [5, 5.41) is 0. The highest BCUT2D eigenvalue weighted by Gasteiger charge is 2.47. The van der Waals surface area contributed by atoms with Crippen LogP contribution in [0.25, 0.3) is 0 Å². The molecule has 0 saturated carbocycles. The highest BCUT2D eigenvalue weighted by Crippen LogP contribution is 2.55. The molecular weight excluding hydrogens is 424 g/mol. The number of hydrogen-bond donors (Lipinski definition) is 0. The lowest BCUT2D eigenvalue weighted by atomic mass is 9.66. The average molecular weight is 475 g/mol. The van der Waals surface area contributed by atoms with Gasteiger partial charge in [-0.2, -0.15) is 0 Å². The molecule has 0 spiro atoms. The first kappa shape index (κ1) is 19.1. The van der Waals surface area contributed by atoms with E-state index in [4.69, 9.17) is 17.7 Å². The molecule has 1 aliphatic carbocycles. The van der Waals surface area contributed by atoms with E-state index in [1.165, 1.54) is 6.07 Å². The lowest BCUT2D eigenvalue weighted by Crippen LogP contribution is -2.46. The Kier molecular flexibility index (Phi) is 5.55. The van der Waals surface area contributed by atoms with Crippen LogP contribution in [0, 0.1) is 11.3 Å². The van der Waals surface area contributed by atoms with Gasteiger partial charge in [-0.25, -0.2) is 0 Å². The van der Waals surface area contributed by atoms with Crippen LogP contribution in [0.5, 0.6) is 11.5 Å². The van der Waals surface area contributed by atoms with Crippen molar-refractivity contribution in [1.29, 1.82) is 0 Å². The summed E-state index contributed by atoms with van der Waals surface area (Å²) in [7, 11) is 0. The van der Waals surface area contributed by atoms with E-state index in [0.29, 0.717) is 42.6 Å². The van der Waals surface area contributed by atoms with Crippen molar-refractivity contribution < 1.29 is 27.3 Å². The van der Waals surface area contributed by atoms with Gasteiger partial charge in [-0.3, -0.25) is 9.59 Å². The number of rotatable bonds is 8. The molecule has 0 aromatic heterocycles. The second-order valence-corrected chi connectivity index (χ2v) is 11.5. The molecule has 1 aliphatic heterocycles. The van der Waals surface area contributed by atoms with Gasteiger partial charge in [0.1, 0.15) is 23.4 Å². The fourth-order valence-corrected chi connectivity index (χ4v) is 5.05. The Morgan fingerprint density at radius 2 is 1.97 bits per heavy atom. The normalized spacial score (nSPS) is 24.9. The molecule has 0 unspecified atom stereocenters. The maximum Gasteiger partial charge on any atom is 0.316 e. The van der Waals surface area contributed by atoms with Crippen molar-refractivity contribution in [2.75, 3.05) is 0 Å². The molecule has 0 N–H and O–H groups in total. The van der Waals surface area contributed by atoms with Crippen LogP contribution in [0.1, 0.15) is 125 Å². The maximum atomic E-state index is 13.2. The standard InChI is InChI=1S/C30H44O4/c1-9-10-11-12-15-29(5,6)21-17-24(33-27(32)28(2,3)4)26-22-16-20(19-31)13-14-23(22)30(7,8)34-25(26)18-21/h13,17-19,22-23H,9-12,14-16H2,1-8H3/t22-,23-/m1/s1/i5D3,6D3. The maximum absolute atomic E-state index is 13.2. The third-order valence-corrected chi connectivity index (χ3v) is 7.18. The summed E-state index contributed by atoms with van der Waals surface area (Å²) in [4.78, 5) is 24.9. The van der Waals surface area contributed by atoms with Crippen molar-refractivity contribution in [1.82, 2.24) is 0 Å². The highest BCUT2D eigenvalue weighted by molar-refractivity contribution is 5.79. The van der Waals surface area contributed by atoms with Crippen LogP contribution in [-0.2, 0) is 15.0 Å². The highest BCUT2D eigenvalue weighted by atomic mass is 16.5. The molecule has 4 heteroatoms. The number of hydrogen-bond acceptors (Lipinski definition) is 4. The fraction of sp³-hybridized carbons (Fsp3) is 0.667. The van der Waals surface area contributed by atoms with E-state index < -0.39 is 36.1 Å². The first-order chi connectivity index (χ1) is 18.3. The second kappa shape index (κ2) is 9.87. The summed E-state index contributed by atoms with van der Waals surface area (Å²) in [5.74, 6) is -0.395. The van der Waals surface area contributed by atoms with Gasteiger partial charge in [0.15, 0.2) is 0 Å². The fourth-order valence-electron chi connectivity index (χ4n) is 5.05. The molecule has 188 valence electrons. The molecule has 1 aromatic rings. The number of esters is 1. The zero-order valence-electron chi connectivity index (χ0n) is 27.5. The Labute approximate surface area is 214 Å². The predicted molar refractivity (Wildman–Crippen MR) is 138 cm³/mol. The number of ether oxygens (including phenoxy) is 2. The van der Waals surface area contributed by atoms with Gasteiger partial charge in [0, 0.05) is 25.6 Å². The van der Waals surface area contributed by atoms with Crippen LogP contribution in [0.4, 0.5) is 0 Å². The van der Waals surface area contributed by atoms with Gasteiger partial charge in [-0.1, -0.05) is 52.4 Å². The molecule has 4 nitrogen and oxygen atoms in total. The summed E-state index contributed by atoms with van der Waals surface area (Å²) in [6.45, 7) is 5.28. The third kappa shape index (κ3) is 5.58. The Morgan fingerprint density at radius 3 is 2.59 bits per heavy atom. The number of carbonyl (C=O) groups excluding carboxylic acids is 2. The lowest BCUT2D eigenvalue weighted by molar-refractivity contribution is -0.143. The van der Waals surface area contributed by atoms with Gasteiger partial charge in [-0.15, -0.1) is 0 Å². The summed E-state index contributed by atoms with van der Waals surface area (Å²) >= 11 is 0. The Balaban J connectivity index is 2.34. The number of unbranched alkanes of at least 4 members (excludes halogenated alkanes) is 3. The third-order valence-electron chi connectivity index (χ3n) is 7.18. The van der Waals surface area contributed by atoms with Gasteiger partial charge < -0.3 is 9.47 Å². The summed E-state index contributed by atoms with van der Waals surface area (Å²) in [6.07, 6.45) is 6.56. The van der Waals surface area contributed by atoms with Gasteiger partial charge >= 0.3 is 5.97 Å². The molecule has 3 rings (SSSR count). The molecule has 2 aliphatic rings. The number of allylic oxidation sites excluding steroid dienone is 2. The monoisotopic (exact) mass is 474 g/mol. The molecule has 0 saturated heterocycles. The SMILES string of the molecule is [2H]C([2H])([2H])C(CCCCCC)(c1cc(OC(=O)C(C)(C)C)c2c(c1)OC(C)(C)[C@@H]1CC=C(C=O)C[C@@H]21)C([2H])([2H])[2H]. The van der Waals surface area contributed by atoms with E-state index >= 15 is 0 Å². The first-order valence-corrected chi connectivity index (χ1v) is 12.5. The number of fused-ring (bicyclic) bond motifs is 3. The zero-order chi connectivity index (χ0) is 30.3. The molecule has 2 atom stereocenters. The van der Waals surface area contributed by atoms with E-state index in [1.54, 1.807) is 26.8 Å². The number of benzene rings is 1. The van der Waals surface area contributed by atoms with Crippen LogP contribution >= 0.6 is 0 Å². The minimum absolute atomic E-state index is 0.0364. The van der Waals surface area contributed by atoms with E-state index in [1.807, 2.05) is 26.8 Å². The van der Waals surface area contributed by atoms with Crippen molar-refractivity contribution in [3.05, 3.63) is 34.9 Å². The lowest BCUT2D eigenvalue weighted by Gasteiger charge is -2.47. The van der Waals surface area contributed by atoms with Gasteiger partial charge in [0.05, 0.1) is 5.41 Å². The minimum atomic E-state index is -2.88. The molecule has 0 fully saturated rings. The molecule has 1 aromatic carbocycles. The van der Waals surface area contributed by atoms with Crippen molar-refractivity contribution >= 4 is 12.3 Å². The molecule has 0 bridgehead atoms. The van der Waals surface area contributed by atoms with Gasteiger partial charge in [-0.05, 0) is 82.6 Å². The van der Waals surface area contributed by atoms with Crippen molar-refractivity contribution in [3.8, 4) is 11.5 Å². The summed E-state index contributed by atoms with van der Waals surface area (Å²) < 4.78 is 63.6. The summed E-state index contributed by atoms with van der Waals surface area (Å²) in [6, 6.07) is 2.98. The molecule has 34 heavy (non-hydrogen) atoms. The van der Waals surface area contributed by atoms with Crippen LogP contribution in [0.2, 0.25) is 0 Å². The van der Waals surface area contributed by atoms with Crippen molar-refractivity contribution in [3.63, 3.8) is 0 Å². The number of carbonyl (C=O) groups is 2. The van der Waals surface area contributed by atoms with Crippen LogP contribution in [0.3, 0.4) is 0 Å². The van der Waals surface area contributed by atoms with Crippen molar-refractivity contribution in [2.45, 2.75) is 117 Å². The van der Waals surface area contributed by atoms with Crippen LogP contribution in [0.15, 0.2) is 23.8 Å². The predicted octanol–water partition coefficient (Wildman–Crippen LogP) is 7.68. The molecule has 0 radical (unpaired) electrons. The van der Waals surface area contributed by atoms with Crippen LogP contribution in [-0.4, -0.2) is 17.9 Å². The van der Waals surface area contributed by atoms with E-state index in [9.17, 15) is 9.59 Å². The van der Waals surface area contributed by atoms with Crippen LogP contribution < -0.4 is 9.47 Å². The molecule has 0 amide bonds. The van der Waals surface area contributed by atoms with Gasteiger partial charge in [0.25, 0.3) is 0 Å². The Morgan fingerprint density at radius 1 is 1.24 bits per heavy atom. The largest absolute Gasteiger partial charge is 0.487 e. The van der Waals surface area contributed by atoms with E-state index in [0.717, 1.165) is 19.1 Å². The number of aldehydes is 1. The molecular formula is C30H44O4. The Bertz CT molecular complexity index is 1130. The van der Waals surface area contributed by atoms with E-state index in [-0.39, 0.29) is 29.6 Å². The second-order valence-electron chi connectivity index (χ2n) is 11.5. The Hall–Kier alpha value is -2.10. The topological polar surface area (TPSA) is 52.6 Å². The average Bonchev–Trinajstić information content (AvgIpc) is 2.80. The smallest absolute Gasteiger partial charge is 0.316 e. The van der Waals surface area contributed by atoms with Crippen molar-refractivity contribution in [2.24, 2.45) is 11.3 Å². The summed E-state index contributed by atoms with van der Waals surface area (Å²) in [5.41, 5.74) is -2.50. The zero-order valence-corrected chi connectivity index (χ0v) is 21.5. The van der Waals surface area contributed by atoms with Gasteiger partial charge in [0.2, 0.25) is 0 Å².